The summed E-state index contributed by atoms with van der Waals surface area (Å²) in [6, 6.07) is 13.2. The summed E-state index contributed by atoms with van der Waals surface area (Å²) in [7, 11) is -2.82. The molecular formula is C29H26F2N4O5S. The number of halogens is 2. The van der Waals surface area contributed by atoms with Crippen molar-refractivity contribution < 1.29 is 31.5 Å². The van der Waals surface area contributed by atoms with Crippen LogP contribution in [0.4, 0.5) is 8.78 Å². The van der Waals surface area contributed by atoms with E-state index in [-0.39, 0.29) is 24.1 Å². The number of pyridine rings is 3. The van der Waals surface area contributed by atoms with E-state index in [4.69, 9.17) is 19.4 Å². The molecule has 1 amide bonds. The van der Waals surface area contributed by atoms with Crippen molar-refractivity contribution in [1.82, 2.24) is 20.3 Å². The van der Waals surface area contributed by atoms with Gasteiger partial charge in [0.05, 0.1) is 42.4 Å². The van der Waals surface area contributed by atoms with E-state index >= 15 is 0 Å². The molecular weight excluding hydrogens is 554 g/mol. The van der Waals surface area contributed by atoms with Gasteiger partial charge in [-0.3, -0.25) is 14.8 Å². The minimum Gasteiger partial charge on any atom is -0.489 e. The zero-order chi connectivity index (χ0) is 28.8. The molecule has 4 aromatic rings. The maximum Gasteiger partial charge on any atom is 0.251 e. The quantitative estimate of drug-likeness (QED) is 0.344. The normalized spacial score (nSPS) is 18.7. The molecule has 6 rings (SSSR count). The van der Waals surface area contributed by atoms with E-state index in [9.17, 15) is 22.0 Å². The van der Waals surface area contributed by atoms with Gasteiger partial charge < -0.3 is 14.8 Å². The molecule has 1 saturated carbocycles. The summed E-state index contributed by atoms with van der Waals surface area (Å²) in [5.74, 6) is -2.39. The number of methoxy groups -OCH3 is 1. The zero-order valence-corrected chi connectivity index (χ0v) is 22.9. The average molecular weight is 581 g/mol. The third-order valence-corrected chi connectivity index (χ3v) is 9.22. The van der Waals surface area contributed by atoms with Gasteiger partial charge in [0.1, 0.15) is 4.90 Å². The fraction of sp³-hybridized carbons (Fsp3) is 0.310. The van der Waals surface area contributed by atoms with Gasteiger partial charge in [-0.15, -0.1) is 0 Å². The number of sulfone groups is 1. The van der Waals surface area contributed by atoms with E-state index in [1.165, 1.54) is 0 Å². The highest BCUT2D eigenvalue weighted by Crippen LogP contribution is 2.47. The van der Waals surface area contributed by atoms with E-state index in [2.05, 4.69) is 10.3 Å². The van der Waals surface area contributed by atoms with Crippen LogP contribution in [0.3, 0.4) is 0 Å². The second-order valence-corrected chi connectivity index (χ2v) is 12.3. The Morgan fingerprint density at radius 2 is 1.95 bits per heavy atom. The average Bonchev–Trinajstić information content (AvgIpc) is 3.77. The highest BCUT2D eigenvalue weighted by Gasteiger charge is 2.45. The third kappa shape index (κ3) is 5.13. The summed E-state index contributed by atoms with van der Waals surface area (Å²) in [5, 5.41) is 3.40. The maximum absolute atomic E-state index is 14.7. The van der Waals surface area contributed by atoms with Gasteiger partial charge in [-0.2, -0.15) is 0 Å². The number of hydrogen-bond acceptors (Lipinski definition) is 8. The van der Waals surface area contributed by atoms with Gasteiger partial charge in [0.2, 0.25) is 15.3 Å². The lowest BCUT2D eigenvalue weighted by Gasteiger charge is -2.14. The Balaban J connectivity index is 1.22. The number of ether oxygens (including phenoxy) is 2. The Morgan fingerprint density at radius 1 is 1.15 bits per heavy atom. The summed E-state index contributed by atoms with van der Waals surface area (Å²) in [6.45, 7) is 0.282. The summed E-state index contributed by atoms with van der Waals surface area (Å²) in [6.07, 6.45) is 3.25. The topological polar surface area (TPSA) is 120 Å². The molecule has 0 radical (unpaired) electrons. The molecule has 1 aliphatic heterocycles. The van der Waals surface area contributed by atoms with Gasteiger partial charge in [-0.25, -0.2) is 22.2 Å². The molecule has 1 fully saturated rings. The Bertz CT molecular complexity index is 1780. The summed E-state index contributed by atoms with van der Waals surface area (Å²) >= 11 is 0. The molecule has 0 saturated heterocycles. The van der Waals surface area contributed by atoms with E-state index in [0.29, 0.717) is 23.5 Å². The summed E-state index contributed by atoms with van der Waals surface area (Å²) < 4.78 is 64.4. The van der Waals surface area contributed by atoms with E-state index < -0.39 is 44.1 Å². The molecule has 12 heteroatoms. The lowest BCUT2D eigenvalue weighted by atomic mass is 10.0. The van der Waals surface area contributed by atoms with E-state index in [0.717, 1.165) is 41.7 Å². The Kier molecular flexibility index (Phi) is 6.90. The minimum absolute atomic E-state index is 0.0398. The molecule has 0 spiro atoms. The van der Waals surface area contributed by atoms with Gasteiger partial charge in [0.25, 0.3) is 5.91 Å². The van der Waals surface area contributed by atoms with Crippen LogP contribution in [-0.4, -0.2) is 55.1 Å². The number of alkyl halides is 1. The molecule has 41 heavy (non-hydrogen) atoms. The summed E-state index contributed by atoms with van der Waals surface area (Å²) in [4.78, 5) is 26.1. The highest BCUT2D eigenvalue weighted by atomic mass is 32.2. The first kappa shape index (κ1) is 27.2. The SMILES string of the molecule is COCC1(c2cccc(-c3ccc4cnc(CNC(=O)c5cc(F)c6c(c5)S(=O)(=O)[C@@H](F)CCO6)cc4n3)n2)CC1. The van der Waals surface area contributed by atoms with Crippen LogP contribution in [0.1, 0.15) is 41.0 Å². The van der Waals surface area contributed by atoms with Crippen molar-refractivity contribution in [2.45, 2.75) is 41.6 Å². The first-order valence-corrected chi connectivity index (χ1v) is 14.6. The lowest BCUT2D eigenvalue weighted by molar-refractivity contribution is 0.0949. The number of fused-ring (bicyclic) bond motifs is 2. The second-order valence-electron chi connectivity index (χ2n) is 10.2. The van der Waals surface area contributed by atoms with E-state index in [1.807, 2.05) is 30.3 Å². The smallest absolute Gasteiger partial charge is 0.251 e. The van der Waals surface area contributed by atoms with Crippen molar-refractivity contribution in [3.63, 3.8) is 0 Å². The van der Waals surface area contributed by atoms with Crippen LogP contribution in [0.2, 0.25) is 0 Å². The first-order valence-electron chi connectivity index (χ1n) is 13.1. The van der Waals surface area contributed by atoms with Crippen molar-refractivity contribution in [1.29, 1.82) is 0 Å². The van der Waals surface area contributed by atoms with Crippen LogP contribution < -0.4 is 10.1 Å². The Hall–Kier alpha value is -4.03. The van der Waals surface area contributed by atoms with Gasteiger partial charge in [0, 0.05) is 41.8 Å². The molecule has 3 aromatic heterocycles. The Labute approximate surface area is 234 Å². The molecule has 1 aromatic carbocycles. The number of benzene rings is 1. The predicted molar refractivity (Wildman–Crippen MR) is 145 cm³/mol. The third-order valence-electron chi connectivity index (χ3n) is 7.40. The van der Waals surface area contributed by atoms with E-state index in [1.54, 1.807) is 19.4 Å². The van der Waals surface area contributed by atoms with Crippen LogP contribution in [0.15, 0.2) is 59.6 Å². The number of nitrogens with zero attached hydrogens (tertiary/aromatic N) is 3. The predicted octanol–water partition coefficient (Wildman–Crippen LogP) is 4.29. The van der Waals surface area contributed by atoms with Crippen molar-refractivity contribution in [2.75, 3.05) is 20.3 Å². The standard InChI is InChI=1S/C29H26F2N4O5S/c1-39-16-29(8-9-29)25-4-2-3-21(35-25)22-6-5-17-14-32-19(13-23(17)34-22)15-33-28(36)18-11-20(30)27-24(12-18)41(37,38)26(31)7-10-40-27/h2-6,11-14,26H,7-10,15-16H2,1H3,(H,33,36)/t26-/m1/s1. The van der Waals surface area contributed by atoms with Crippen LogP contribution in [0.25, 0.3) is 22.3 Å². The van der Waals surface area contributed by atoms with Gasteiger partial charge in [0.15, 0.2) is 11.6 Å². The van der Waals surface area contributed by atoms with Gasteiger partial charge >= 0.3 is 0 Å². The number of carbonyl (C=O) groups is 1. The fourth-order valence-electron chi connectivity index (χ4n) is 4.94. The minimum atomic E-state index is -4.51. The molecule has 1 aliphatic carbocycles. The molecule has 2 aliphatic rings. The Morgan fingerprint density at radius 3 is 2.73 bits per heavy atom. The highest BCUT2D eigenvalue weighted by molar-refractivity contribution is 7.92. The van der Waals surface area contributed by atoms with Crippen molar-refractivity contribution in [2.24, 2.45) is 0 Å². The fourth-order valence-corrected chi connectivity index (χ4v) is 6.33. The molecule has 1 atom stereocenters. The molecule has 9 nitrogen and oxygen atoms in total. The largest absolute Gasteiger partial charge is 0.489 e. The van der Waals surface area contributed by atoms with Crippen LogP contribution >= 0.6 is 0 Å². The van der Waals surface area contributed by atoms with Crippen LogP contribution in [0.5, 0.6) is 5.75 Å². The number of hydrogen-bond donors (Lipinski definition) is 1. The molecule has 212 valence electrons. The molecule has 0 bridgehead atoms. The summed E-state index contributed by atoms with van der Waals surface area (Å²) in [5.41, 5.74) is 0.941. The maximum atomic E-state index is 14.7. The monoisotopic (exact) mass is 580 g/mol. The van der Waals surface area contributed by atoms with Crippen molar-refractivity contribution in [3.05, 3.63) is 77.5 Å². The number of nitrogens with one attached hydrogen (secondary N) is 1. The molecule has 1 N–H and O–H groups in total. The number of carbonyl (C=O) groups excluding carboxylic acids is 1. The number of aromatic nitrogens is 3. The molecule has 4 heterocycles. The van der Waals surface area contributed by atoms with Gasteiger partial charge in [-0.05, 0) is 55.3 Å². The molecule has 0 unspecified atom stereocenters. The zero-order valence-electron chi connectivity index (χ0n) is 22.1. The first-order chi connectivity index (χ1) is 19.7. The van der Waals surface area contributed by atoms with Crippen LogP contribution in [0, 0.1) is 5.82 Å². The second kappa shape index (κ2) is 10.4. The number of amides is 1. The number of rotatable bonds is 7. The lowest BCUT2D eigenvalue weighted by Crippen LogP contribution is -2.24. The van der Waals surface area contributed by atoms with Crippen molar-refractivity contribution >= 4 is 26.6 Å². The van der Waals surface area contributed by atoms with Crippen molar-refractivity contribution in [3.8, 4) is 17.1 Å². The van der Waals surface area contributed by atoms with Crippen LogP contribution in [-0.2, 0) is 26.5 Å². The van der Waals surface area contributed by atoms with Gasteiger partial charge in [-0.1, -0.05) is 6.07 Å².